The second-order valence-corrected chi connectivity index (χ2v) is 2.60. The molecule has 0 aromatic heterocycles. The number of allylic oxidation sites excluding steroid dienone is 1. The van der Waals surface area contributed by atoms with E-state index in [0.717, 1.165) is 0 Å². The van der Waals surface area contributed by atoms with Gasteiger partial charge >= 0.3 is 0 Å². The first-order valence-electron chi connectivity index (χ1n) is 3.01. The molecular weight excluding hydrogens is 157 g/mol. The molecule has 0 fully saturated rings. The summed E-state index contributed by atoms with van der Waals surface area (Å²) in [5.74, 6) is -0.912. The topological polar surface area (TPSA) is 20.2 Å². The zero-order valence-corrected chi connectivity index (χ0v) is 6.70. The standard InChI is InChI=1S/C4H9FO.C3H4F2/c1-4(2,6)3-5;1-3(5)2-4/h6H,3H2,1-2H3;1-2H2. The molecule has 0 unspecified atom stereocenters. The van der Waals surface area contributed by atoms with Crippen molar-refractivity contribution >= 4 is 0 Å². The van der Waals surface area contributed by atoms with E-state index in [4.69, 9.17) is 5.11 Å². The van der Waals surface area contributed by atoms with Crippen molar-refractivity contribution in [2.24, 2.45) is 0 Å². The van der Waals surface area contributed by atoms with Gasteiger partial charge < -0.3 is 5.11 Å². The fourth-order valence-corrected chi connectivity index (χ4v) is 0. The van der Waals surface area contributed by atoms with Gasteiger partial charge in [0.1, 0.15) is 19.2 Å². The highest BCUT2D eigenvalue weighted by molar-refractivity contribution is 4.76. The van der Waals surface area contributed by atoms with Crippen molar-refractivity contribution in [3.63, 3.8) is 0 Å². The third-order valence-electron chi connectivity index (χ3n) is 0.472. The highest BCUT2D eigenvalue weighted by atomic mass is 19.2. The van der Waals surface area contributed by atoms with E-state index in [1.807, 2.05) is 0 Å². The Kier molecular flexibility index (Phi) is 7.41. The van der Waals surface area contributed by atoms with Gasteiger partial charge in [-0.1, -0.05) is 6.58 Å². The van der Waals surface area contributed by atoms with Crippen LogP contribution in [0.1, 0.15) is 13.8 Å². The van der Waals surface area contributed by atoms with E-state index in [-0.39, 0.29) is 0 Å². The second-order valence-electron chi connectivity index (χ2n) is 2.60. The van der Waals surface area contributed by atoms with Crippen LogP contribution in [-0.4, -0.2) is 24.1 Å². The van der Waals surface area contributed by atoms with Gasteiger partial charge in [0.15, 0.2) is 0 Å². The molecule has 0 aromatic carbocycles. The number of hydrogen-bond donors (Lipinski definition) is 1. The average molecular weight is 170 g/mol. The Morgan fingerprint density at radius 2 is 1.64 bits per heavy atom. The number of rotatable bonds is 2. The highest BCUT2D eigenvalue weighted by Crippen LogP contribution is 1.98. The Bertz CT molecular complexity index is 107. The van der Waals surface area contributed by atoms with Crippen molar-refractivity contribution in [1.82, 2.24) is 0 Å². The molecule has 0 aromatic rings. The predicted octanol–water partition coefficient (Wildman–Crippen LogP) is 2.17. The molecular formula is C7H13F3O. The largest absolute Gasteiger partial charge is 0.388 e. The van der Waals surface area contributed by atoms with E-state index < -0.39 is 24.8 Å². The quantitative estimate of drug-likeness (QED) is 0.673. The van der Waals surface area contributed by atoms with Crippen LogP contribution < -0.4 is 0 Å². The molecule has 0 saturated carbocycles. The fraction of sp³-hybridized carbons (Fsp3) is 0.714. The molecule has 1 nitrogen and oxygen atoms in total. The second kappa shape index (κ2) is 6.22. The van der Waals surface area contributed by atoms with E-state index >= 15 is 0 Å². The summed E-state index contributed by atoms with van der Waals surface area (Å²) in [5.41, 5.74) is -1.12. The van der Waals surface area contributed by atoms with Crippen molar-refractivity contribution < 1.29 is 18.3 Å². The number of halogens is 3. The summed E-state index contributed by atoms with van der Waals surface area (Å²) in [6.07, 6.45) is 0. The average Bonchev–Trinajstić information content (AvgIpc) is 1.88. The van der Waals surface area contributed by atoms with E-state index in [1.165, 1.54) is 13.8 Å². The van der Waals surface area contributed by atoms with Crippen molar-refractivity contribution in [2.75, 3.05) is 13.3 Å². The lowest BCUT2D eigenvalue weighted by Gasteiger charge is -2.08. The predicted molar refractivity (Wildman–Crippen MR) is 38.5 cm³/mol. The molecule has 0 aliphatic rings. The molecule has 0 spiro atoms. The lowest BCUT2D eigenvalue weighted by molar-refractivity contribution is 0.0522. The van der Waals surface area contributed by atoms with E-state index in [1.54, 1.807) is 0 Å². The zero-order chi connectivity index (χ0) is 9.49. The first kappa shape index (κ1) is 13.1. The summed E-state index contributed by atoms with van der Waals surface area (Å²) in [6.45, 7) is 3.75. The lowest BCUT2D eigenvalue weighted by atomic mass is 10.2. The van der Waals surface area contributed by atoms with E-state index in [9.17, 15) is 13.2 Å². The van der Waals surface area contributed by atoms with Crippen LogP contribution in [0.5, 0.6) is 0 Å². The number of aliphatic hydroxyl groups is 1. The summed E-state index contributed by atoms with van der Waals surface area (Å²) < 4.78 is 32.8. The molecule has 11 heavy (non-hydrogen) atoms. The van der Waals surface area contributed by atoms with Crippen LogP contribution in [0.4, 0.5) is 13.2 Å². The minimum atomic E-state index is -1.12. The van der Waals surface area contributed by atoms with Crippen LogP contribution in [0.2, 0.25) is 0 Å². The van der Waals surface area contributed by atoms with Gasteiger partial charge in [-0.05, 0) is 13.8 Å². The van der Waals surface area contributed by atoms with Crippen LogP contribution in [-0.2, 0) is 0 Å². The maximum atomic E-state index is 11.2. The summed E-state index contributed by atoms with van der Waals surface area (Å²) in [5, 5.41) is 8.45. The van der Waals surface area contributed by atoms with Crippen LogP contribution in [0.15, 0.2) is 12.4 Å². The van der Waals surface area contributed by atoms with Gasteiger partial charge in [-0.25, -0.2) is 13.2 Å². The van der Waals surface area contributed by atoms with Crippen molar-refractivity contribution in [3.8, 4) is 0 Å². The Balaban J connectivity index is 0. The van der Waals surface area contributed by atoms with Crippen LogP contribution >= 0.6 is 0 Å². The molecule has 0 atom stereocenters. The highest BCUT2D eigenvalue weighted by Gasteiger charge is 2.09. The molecule has 68 valence electrons. The van der Waals surface area contributed by atoms with Gasteiger partial charge in [0, 0.05) is 0 Å². The van der Waals surface area contributed by atoms with Crippen LogP contribution in [0.25, 0.3) is 0 Å². The fourth-order valence-electron chi connectivity index (χ4n) is 0. The van der Waals surface area contributed by atoms with E-state index in [2.05, 4.69) is 6.58 Å². The summed E-state index contributed by atoms with van der Waals surface area (Å²) in [7, 11) is 0. The maximum Gasteiger partial charge on any atom is 0.140 e. The molecule has 0 heterocycles. The molecule has 0 aliphatic heterocycles. The van der Waals surface area contributed by atoms with Crippen molar-refractivity contribution in [3.05, 3.63) is 12.4 Å². The van der Waals surface area contributed by atoms with Crippen LogP contribution in [0, 0.1) is 0 Å². The monoisotopic (exact) mass is 170 g/mol. The van der Waals surface area contributed by atoms with Gasteiger partial charge in [-0.3, -0.25) is 0 Å². The van der Waals surface area contributed by atoms with Gasteiger partial charge in [0.05, 0.1) is 5.60 Å². The first-order valence-corrected chi connectivity index (χ1v) is 3.01. The molecule has 4 heteroatoms. The van der Waals surface area contributed by atoms with Gasteiger partial charge in [0.25, 0.3) is 0 Å². The molecule has 0 aliphatic carbocycles. The third-order valence-corrected chi connectivity index (χ3v) is 0.472. The minimum absolute atomic E-state index is 0.674. The number of alkyl halides is 2. The van der Waals surface area contributed by atoms with Crippen molar-refractivity contribution in [1.29, 1.82) is 0 Å². The Hall–Kier alpha value is -0.510. The Morgan fingerprint density at radius 1 is 1.45 bits per heavy atom. The summed E-state index contributed by atoms with van der Waals surface area (Å²) >= 11 is 0. The lowest BCUT2D eigenvalue weighted by Crippen LogP contribution is -2.20. The summed E-state index contributed by atoms with van der Waals surface area (Å²) in [4.78, 5) is 0. The molecule has 0 saturated heterocycles. The molecule has 0 rings (SSSR count). The SMILES string of the molecule is C=C(F)CF.CC(C)(O)CF. The third kappa shape index (κ3) is 26.4. The van der Waals surface area contributed by atoms with Gasteiger partial charge in [0.2, 0.25) is 0 Å². The van der Waals surface area contributed by atoms with Gasteiger partial charge in [-0.2, -0.15) is 0 Å². The summed E-state index contributed by atoms with van der Waals surface area (Å²) in [6, 6.07) is 0. The molecule has 0 bridgehead atoms. The molecule has 1 N–H and O–H groups in total. The zero-order valence-electron chi connectivity index (χ0n) is 6.70. The minimum Gasteiger partial charge on any atom is -0.388 e. The smallest absolute Gasteiger partial charge is 0.140 e. The first-order chi connectivity index (χ1) is 4.83. The van der Waals surface area contributed by atoms with Crippen molar-refractivity contribution in [2.45, 2.75) is 19.4 Å². The van der Waals surface area contributed by atoms with Gasteiger partial charge in [-0.15, -0.1) is 0 Å². The Labute approximate surface area is 64.5 Å². The Morgan fingerprint density at radius 3 is 1.64 bits per heavy atom. The molecule has 0 amide bonds. The molecule has 0 radical (unpaired) electrons. The number of hydrogen-bond acceptors (Lipinski definition) is 1. The maximum absolute atomic E-state index is 11.2. The van der Waals surface area contributed by atoms with Crippen LogP contribution in [0.3, 0.4) is 0 Å². The normalized spacial score (nSPS) is 10.0. The van der Waals surface area contributed by atoms with E-state index in [0.29, 0.717) is 0 Å².